The second kappa shape index (κ2) is 6.06. The number of fused-ring (bicyclic) bond motifs is 3. The van der Waals surface area contributed by atoms with Crippen LogP contribution >= 0.6 is 11.3 Å². The molecular weight excluding hydrogens is 364 g/mol. The highest BCUT2D eigenvalue weighted by Crippen LogP contribution is 2.52. The summed E-state index contributed by atoms with van der Waals surface area (Å²) in [4.78, 5) is 8.68. The van der Waals surface area contributed by atoms with Crippen LogP contribution in [0.15, 0.2) is 4.99 Å². The highest BCUT2D eigenvalue weighted by molar-refractivity contribution is 7.16. The van der Waals surface area contributed by atoms with Crippen molar-refractivity contribution in [2.45, 2.75) is 91.3 Å². The summed E-state index contributed by atoms with van der Waals surface area (Å²) < 4.78 is 0. The predicted octanol–water partition coefficient (Wildman–Crippen LogP) is 4.31. The Kier molecular flexibility index (Phi) is 4.31. The lowest BCUT2D eigenvalue weighted by atomic mass is 9.65. The Labute approximate surface area is 174 Å². The van der Waals surface area contributed by atoms with Gasteiger partial charge in [0.15, 0.2) is 0 Å². The molecule has 0 aromatic carbocycles. The molecule has 0 radical (unpaired) electrons. The van der Waals surface area contributed by atoms with E-state index in [1.165, 1.54) is 29.7 Å². The van der Waals surface area contributed by atoms with Crippen molar-refractivity contribution in [2.75, 3.05) is 6.54 Å². The van der Waals surface area contributed by atoms with Crippen LogP contribution in [-0.4, -0.2) is 29.4 Å². The first-order valence-corrected chi connectivity index (χ1v) is 11.4. The molecule has 3 aliphatic rings. The van der Waals surface area contributed by atoms with Gasteiger partial charge >= 0.3 is 0 Å². The standard InChI is InChI=1S/C23H34N4S/c1-20(2)8-15-9-23(7,12-20)13-27(15)14-25-19-17(11-24)16-10-21(3,4)26-22(5,6)18(16)28-19/h14-15,26H,8-10,12-13H2,1-7H3/p+1/t15-,23-/m1/s1. The van der Waals surface area contributed by atoms with E-state index in [9.17, 15) is 5.26 Å². The predicted molar refractivity (Wildman–Crippen MR) is 116 cm³/mol. The van der Waals surface area contributed by atoms with E-state index in [0.29, 0.717) is 16.9 Å². The van der Waals surface area contributed by atoms with Gasteiger partial charge in [0.25, 0.3) is 0 Å². The smallest absolute Gasteiger partial charge is 0.136 e. The van der Waals surface area contributed by atoms with Crippen molar-refractivity contribution in [3.63, 3.8) is 0 Å². The second-order valence-electron chi connectivity index (χ2n) is 11.9. The topological polar surface area (TPSA) is 56.0 Å². The van der Waals surface area contributed by atoms with Gasteiger partial charge < -0.3 is 10.2 Å². The maximum absolute atomic E-state index is 9.91. The van der Waals surface area contributed by atoms with Gasteiger partial charge in [-0.3, -0.25) is 0 Å². The van der Waals surface area contributed by atoms with E-state index < -0.39 is 0 Å². The van der Waals surface area contributed by atoms with Crippen LogP contribution in [0.5, 0.6) is 0 Å². The van der Waals surface area contributed by atoms with E-state index in [1.54, 1.807) is 11.3 Å². The number of nitriles is 1. The quantitative estimate of drug-likeness (QED) is 0.595. The van der Waals surface area contributed by atoms with Crippen molar-refractivity contribution in [3.05, 3.63) is 16.0 Å². The van der Waals surface area contributed by atoms with E-state index in [1.807, 2.05) is 0 Å². The second-order valence-corrected chi connectivity index (χ2v) is 12.9. The minimum Gasteiger partial charge on any atom is -0.359 e. The summed E-state index contributed by atoms with van der Waals surface area (Å²) in [5, 5.41) is 13.3. The third-order valence-corrected chi connectivity index (χ3v) is 8.33. The maximum Gasteiger partial charge on any atom is 0.136 e. The van der Waals surface area contributed by atoms with Crippen molar-refractivity contribution in [2.24, 2.45) is 15.8 Å². The molecule has 2 aliphatic heterocycles. The SMILES string of the molecule is CC1(C)C[C@@H]2C[C@@](C)(CN2C=Nc2sc3c(c2C#N)CC(C)(C)[NH2+]C3(C)C)C1. The van der Waals surface area contributed by atoms with Crippen molar-refractivity contribution in [1.82, 2.24) is 4.90 Å². The van der Waals surface area contributed by atoms with Crippen LogP contribution in [0.3, 0.4) is 0 Å². The molecule has 2 N–H and O–H groups in total. The molecule has 5 heteroatoms. The number of hydrogen-bond acceptors (Lipinski definition) is 3. The summed E-state index contributed by atoms with van der Waals surface area (Å²) in [6.45, 7) is 17.4. The van der Waals surface area contributed by atoms with Gasteiger partial charge in [0.2, 0.25) is 0 Å². The molecule has 152 valence electrons. The van der Waals surface area contributed by atoms with Gasteiger partial charge in [0.1, 0.15) is 16.6 Å². The Balaban J connectivity index is 1.65. The minimum absolute atomic E-state index is 0.0111. The van der Waals surface area contributed by atoms with Crippen LogP contribution in [0, 0.1) is 22.2 Å². The van der Waals surface area contributed by atoms with E-state index >= 15 is 0 Å². The van der Waals surface area contributed by atoms with Gasteiger partial charge in [0.05, 0.1) is 22.3 Å². The number of thiophene rings is 1. The van der Waals surface area contributed by atoms with Gasteiger partial charge in [-0.2, -0.15) is 5.26 Å². The van der Waals surface area contributed by atoms with Gasteiger partial charge in [-0.25, -0.2) is 4.99 Å². The van der Waals surface area contributed by atoms with Crippen molar-refractivity contribution >= 4 is 22.7 Å². The summed E-state index contributed by atoms with van der Waals surface area (Å²) in [5.74, 6) is 0. The molecule has 1 aromatic heterocycles. The van der Waals surface area contributed by atoms with Crippen molar-refractivity contribution < 1.29 is 5.32 Å². The summed E-state index contributed by atoms with van der Waals surface area (Å²) >= 11 is 1.72. The van der Waals surface area contributed by atoms with Gasteiger partial charge in [-0.1, -0.05) is 20.8 Å². The molecule has 28 heavy (non-hydrogen) atoms. The number of nitrogens with two attached hydrogens (primary N) is 1. The van der Waals surface area contributed by atoms with Crippen LogP contribution in [0.4, 0.5) is 5.00 Å². The first-order chi connectivity index (χ1) is 12.8. The number of rotatable bonds is 2. The zero-order chi connectivity index (χ0) is 20.5. The fourth-order valence-electron chi connectivity index (χ4n) is 6.66. The number of nitrogens with zero attached hydrogens (tertiary/aromatic N) is 3. The van der Waals surface area contributed by atoms with Crippen LogP contribution in [0.25, 0.3) is 0 Å². The highest BCUT2D eigenvalue weighted by atomic mass is 32.1. The molecule has 2 bridgehead atoms. The molecule has 1 saturated heterocycles. The largest absolute Gasteiger partial charge is 0.359 e. The Morgan fingerprint density at radius 3 is 2.57 bits per heavy atom. The molecular formula is C23H35N4S+. The van der Waals surface area contributed by atoms with Crippen LogP contribution < -0.4 is 5.32 Å². The van der Waals surface area contributed by atoms with E-state index in [4.69, 9.17) is 4.99 Å². The Morgan fingerprint density at radius 1 is 1.18 bits per heavy atom. The summed E-state index contributed by atoms with van der Waals surface area (Å²) in [5.41, 5.74) is 2.93. The molecule has 1 aliphatic carbocycles. The highest BCUT2D eigenvalue weighted by Gasteiger charge is 2.49. The normalized spacial score (nSPS) is 32.4. The third-order valence-electron chi connectivity index (χ3n) is 6.85. The van der Waals surface area contributed by atoms with Gasteiger partial charge in [-0.15, -0.1) is 11.3 Å². The summed E-state index contributed by atoms with van der Waals surface area (Å²) in [6.07, 6.45) is 6.77. The molecule has 0 unspecified atom stereocenters. The average Bonchev–Trinajstić information content (AvgIpc) is 2.96. The van der Waals surface area contributed by atoms with Crippen LogP contribution in [0.1, 0.15) is 83.7 Å². The number of quaternary nitrogens is 1. The fourth-order valence-corrected chi connectivity index (χ4v) is 7.84. The molecule has 0 spiro atoms. The molecule has 4 rings (SSSR count). The summed E-state index contributed by atoms with van der Waals surface area (Å²) in [6, 6.07) is 3.07. The Bertz CT molecular complexity index is 870. The average molecular weight is 400 g/mol. The van der Waals surface area contributed by atoms with E-state index in [-0.39, 0.29) is 11.1 Å². The third kappa shape index (κ3) is 3.39. The molecule has 2 atom stereocenters. The van der Waals surface area contributed by atoms with E-state index in [0.717, 1.165) is 23.5 Å². The van der Waals surface area contributed by atoms with Crippen molar-refractivity contribution in [3.8, 4) is 6.07 Å². The monoisotopic (exact) mass is 399 g/mol. The molecule has 4 nitrogen and oxygen atoms in total. The lowest BCUT2D eigenvalue weighted by Crippen LogP contribution is -3.03. The Hall–Kier alpha value is -1.38. The maximum atomic E-state index is 9.91. The van der Waals surface area contributed by atoms with Gasteiger partial charge in [-0.05, 0) is 63.4 Å². The fraction of sp³-hybridized carbons (Fsp3) is 0.739. The van der Waals surface area contributed by atoms with E-state index in [2.05, 4.69) is 71.1 Å². The van der Waals surface area contributed by atoms with Crippen molar-refractivity contribution in [1.29, 1.82) is 5.26 Å². The van der Waals surface area contributed by atoms with Crippen LogP contribution in [0.2, 0.25) is 0 Å². The van der Waals surface area contributed by atoms with Crippen LogP contribution in [-0.2, 0) is 12.0 Å². The Morgan fingerprint density at radius 2 is 1.89 bits per heavy atom. The number of likely N-dealkylation sites (tertiary alicyclic amines) is 1. The van der Waals surface area contributed by atoms with Gasteiger partial charge in [0, 0.05) is 19.0 Å². The zero-order valence-corrected chi connectivity index (χ0v) is 19.3. The molecule has 1 aromatic rings. The number of hydrogen-bond donors (Lipinski definition) is 1. The lowest BCUT2D eigenvalue weighted by Gasteiger charge is -2.39. The minimum atomic E-state index is -0.0111. The summed E-state index contributed by atoms with van der Waals surface area (Å²) in [7, 11) is 0. The number of aliphatic imine (C=N–C) groups is 1. The first kappa shape index (κ1) is 19.9. The molecule has 3 heterocycles. The molecule has 0 amide bonds. The molecule has 2 fully saturated rings. The molecule has 1 saturated carbocycles. The lowest BCUT2D eigenvalue weighted by molar-refractivity contribution is -0.789. The first-order valence-electron chi connectivity index (χ1n) is 10.6. The zero-order valence-electron chi connectivity index (χ0n) is 18.5.